The van der Waals surface area contributed by atoms with Crippen LogP contribution in [0.15, 0.2) is 24.3 Å². The van der Waals surface area contributed by atoms with Gasteiger partial charge < -0.3 is 28.8 Å². The number of Topliss-reactive ketones (excluding diaryl/α,β-unsaturated/α-hetero) is 2. The van der Waals surface area contributed by atoms with Crippen molar-refractivity contribution in [3.05, 3.63) is 46.5 Å². The second-order valence-electron chi connectivity index (χ2n) is 10.0. The third kappa shape index (κ3) is 5.70. The van der Waals surface area contributed by atoms with Crippen LogP contribution >= 0.6 is 0 Å². The lowest BCUT2D eigenvalue weighted by atomic mass is 9.90. The molecule has 8 heteroatoms. The normalized spacial score (nSPS) is 16.9. The Morgan fingerprint density at radius 1 is 0.833 bits per heavy atom. The Bertz CT molecular complexity index is 1160. The molecular formula is C28H34O8. The van der Waals surface area contributed by atoms with Crippen molar-refractivity contribution in [3.63, 3.8) is 0 Å². The molecule has 0 aliphatic carbocycles. The number of hydrogen-bond donors (Lipinski definition) is 1. The highest BCUT2D eigenvalue weighted by atomic mass is 16.5. The van der Waals surface area contributed by atoms with Crippen molar-refractivity contribution in [2.45, 2.75) is 64.6 Å². The average Bonchev–Trinajstić information content (AvgIpc) is 2.79. The van der Waals surface area contributed by atoms with Crippen molar-refractivity contribution in [2.75, 3.05) is 20.8 Å². The molecule has 194 valence electrons. The number of methoxy groups -OCH3 is 2. The fourth-order valence-corrected chi connectivity index (χ4v) is 4.49. The Kier molecular flexibility index (Phi) is 8.09. The van der Waals surface area contributed by atoms with Crippen LogP contribution in [0.5, 0.6) is 23.0 Å². The highest BCUT2D eigenvalue weighted by molar-refractivity contribution is 6.01. The van der Waals surface area contributed by atoms with Gasteiger partial charge >= 0.3 is 0 Å². The number of aliphatic hydroxyl groups is 1. The second-order valence-corrected chi connectivity index (χ2v) is 10.0. The van der Waals surface area contributed by atoms with Crippen LogP contribution in [0.2, 0.25) is 0 Å². The van der Waals surface area contributed by atoms with Crippen LogP contribution in [0.1, 0.15) is 72.4 Å². The lowest BCUT2D eigenvalue weighted by Gasteiger charge is -2.33. The summed E-state index contributed by atoms with van der Waals surface area (Å²) in [5, 5.41) is 9.14. The predicted molar refractivity (Wildman–Crippen MR) is 134 cm³/mol. The number of ketones is 2. The zero-order valence-electron chi connectivity index (χ0n) is 21.7. The van der Waals surface area contributed by atoms with Gasteiger partial charge in [-0.25, -0.2) is 0 Å². The van der Waals surface area contributed by atoms with E-state index in [1.165, 1.54) is 7.11 Å². The van der Waals surface area contributed by atoms with Crippen LogP contribution in [0.25, 0.3) is 0 Å². The van der Waals surface area contributed by atoms with Gasteiger partial charge in [0.25, 0.3) is 0 Å². The van der Waals surface area contributed by atoms with Gasteiger partial charge in [-0.3, -0.25) is 9.59 Å². The summed E-state index contributed by atoms with van der Waals surface area (Å²) in [6.45, 7) is 7.48. The number of fused-ring (bicyclic) bond motifs is 2. The second kappa shape index (κ2) is 10.7. The van der Waals surface area contributed by atoms with Crippen LogP contribution < -0.4 is 18.9 Å². The molecule has 1 N–H and O–H groups in total. The number of rotatable bonds is 6. The highest BCUT2D eigenvalue weighted by Crippen LogP contribution is 2.41. The monoisotopic (exact) mass is 498 g/mol. The molecule has 0 amide bonds. The molecule has 2 heterocycles. The van der Waals surface area contributed by atoms with Gasteiger partial charge in [-0.1, -0.05) is 0 Å². The minimum Gasteiger partial charge on any atom is -0.496 e. The quantitative estimate of drug-likeness (QED) is 0.592. The molecule has 0 saturated heterocycles. The first-order valence-corrected chi connectivity index (χ1v) is 11.9. The van der Waals surface area contributed by atoms with Crippen molar-refractivity contribution in [3.8, 4) is 23.0 Å². The molecule has 0 saturated carbocycles. The molecule has 0 bridgehead atoms. The fraction of sp³-hybridized carbons (Fsp3) is 0.464. The molecule has 2 aromatic carbocycles. The Balaban J connectivity index is 0.000000201. The first-order valence-electron chi connectivity index (χ1n) is 11.9. The Morgan fingerprint density at radius 3 is 1.69 bits per heavy atom. The van der Waals surface area contributed by atoms with E-state index in [0.29, 0.717) is 59.0 Å². The van der Waals surface area contributed by atoms with Crippen molar-refractivity contribution >= 4 is 17.9 Å². The van der Waals surface area contributed by atoms with Crippen molar-refractivity contribution in [1.82, 2.24) is 0 Å². The average molecular weight is 499 g/mol. The molecule has 2 aromatic rings. The zero-order chi connectivity index (χ0) is 26.7. The van der Waals surface area contributed by atoms with E-state index in [2.05, 4.69) is 0 Å². The maximum atomic E-state index is 12.1. The van der Waals surface area contributed by atoms with E-state index in [-0.39, 0.29) is 24.6 Å². The number of benzene rings is 2. The van der Waals surface area contributed by atoms with Crippen LogP contribution in [0, 0.1) is 0 Å². The molecule has 4 rings (SSSR count). The van der Waals surface area contributed by atoms with Crippen molar-refractivity contribution < 1.29 is 38.4 Å². The number of carbonyl (C=O) groups excluding carboxylic acids is 3. The van der Waals surface area contributed by atoms with E-state index in [4.69, 9.17) is 24.1 Å². The molecule has 0 fully saturated rings. The van der Waals surface area contributed by atoms with Crippen LogP contribution in [0.4, 0.5) is 0 Å². The minimum absolute atomic E-state index is 0.00913. The SMILES string of the molecule is COc1ccc2c(c1CC=O)OC(C)(C)CC2=O.COc1ccc2c(c1CCO)OC(C)(C)CC2=O. The molecule has 0 aromatic heterocycles. The molecule has 0 atom stereocenters. The summed E-state index contributed by atoms with van der Waals surface area (Å²) < 4.78 is 22.2. The standard InChI is InChI=1S/C14H18O4.C14H16O4/c2*1-14(2)8-11(16)9-4-5-12(17-3)10(6-7-15)13(9)18-14/h4-5,15H,6-8H2,1-3H3;4-5,7H,6,8H2,1-3H3. The van der Waals surface area contributed by atoms with Gasteiger partial charge in [0.2, 0.25) is 0 Å². The smallest absolute Gasteiger partial charge is 0.170 e. The number of ether oxygens (including phenoxy) is 4. The van der Waals surface area contributed by atoms with Crippen LogP contribution in [-0.4, -0.2) is 55.0 Å². The first-order chi connectivity index (χ1) is 17.0. The van der Waals surface area contributed by atoms with Crippen molar-refractivity contribution in [2.24, 2.45) is 0 Å². The van der Waals surface area contributed by atoms with Gasteiger partial charge in [0.1, 0.15) is 40.5 Å². The van der Waals surface area contributed by atoms with Gasteiger partial charge in [-0.15, -0.1) is 0 Å². The summed E-state index contributed by atoms with van der Waals surface area (Å²) in [5.74, 6) is 2.38. The minimum atomic E-state index is -0.548. The van der Waals surface area contributed by atoms with E-state index in [0.717, 1.165) is 11.8 Å². The van der Waals surface area contributed by atoms with E-state index in [1.807, 2.05) is 27.7 Å². The Hall–Kier alpha value is -3.39. The largest absolute Gasteiger partial charge is 0.496 e. The van der Waals surface area contributed by atoms with Gasteiger partial charge in [-0.2, -0.15) is 0 Å². The predicted octanol–water partition coefficient (Wildman–Crippen LogP) is 4.15. The summed E-state index contributed by atoms with van der Waals surface area (Å²) in [4.78, 5) is 34.9. The molecular weight excluding hydrogens is 464 g/mol. The topological polar surface area (TPSA) is 108 Å². The maximum Gasteiger partial charge on any atom is 0.170 e. The van der Waals surface area contributed by atoms with Gasteiger partial charge in [0, 0.05) is 30.6 Å². The first kappa shape index (κ1) is 27.2. The number of aliphatic hydroxyl groups excluding tert-OH is 1. The molecule has 2 aliphatic rings. The van der Waals surface area contributed by atoms with Crippen molar-refractivity contribution in [1.29, 1.82) is 0 Å². The summed E-state index contributed by atoms with van der Waals surface area (Å²) in [7, 11) is 3.10. The maximum absolute atomic E-state index is 12.1. The highest BCUT2D eigenvalue weighted by Gasteiger charge is 2.36. The third-order valence-corrected chi connectivity index (χ3v) is 6.05. The van der Waals surface area contributed by atoms with E-state index < -0.39 is 11.2 Å². The molecule has 2 aliphatic heterocycles. The van der Waals surface area contributed by atoms with E-state index in [1.54, 1.807) is 31.4 Å². The zero-order valence-corrected chi connectivity index (χ0v) is 21.7. The lowest BCUT2D eigenvalue weighted by Crippen LogP contribution is -2.36. The molecule has 36 heavy (non-hydrogen) atoms. The summed E-state index contributed by atoms with van der Waals surface area (Å²) in [5.41, 5.74) is 1.46. The third-order valence-electron chi connectivity index (χ3n) is 6.05. The summed E-state index contributed by atoms with van der Waals surface area (Å²) >= 11 is 0. The lowest BCUT2D eigenvalue weighted by molar-refractivity contribution is -0.107. The molecule has 0 spiro atoms. The molecule has 8 nitrogen and oxygen atoms in total. The van der Waals surface area contributed by atoms with Crippen LogP contribution in [-0.2, 0) is 17.6 Å². The Labute approximate surface area is 211 Å². The van der Waals surface area contributed by atoms with Gasteiger partial charge in [0.15, 0.2) is 11.6 Å². The number of aldehydes is 1. The summed E-state index contributed by atoms with van der Waals surface area (Å²) in [6.07, 6.45) is 2.08. The Morgan fingerprint density at radius 2 is 1.28 bits per heavy atom. The van der Waals surface area contributed by atoms with Gasteiger partial charge in [0.05, 0.1) is 38.2 Å². The molecule has 0 unspecified atom stereocenters. The van der Waals surface area contributed by atoms with Crippen LogP contribution in [0.3, 0.4) is 0 Å². The number of hydrogen-bond acceptors (Lipinski definition) is 8. The van der Waals surface area contributed by atoms with E-state index >= 15 is 0 Å². The fourth-order valence-electron chi connectivity index (χ4n) is 4.49. The summed E-state index contributed by atoms with van der Waals surface area (Å²) in [6, 6.07) is 6.88. The van der Waals surface area contributed by atoms with E-state index in [9.17, 15) is 14.4 Å². The number of carbonyl (C=O) groups is 3. The molecule has 0 radical (unpaired) electrons. The van der Waals surface area contributed by atoms with Gasteiger partial charge in [-0.05, 0) is 52.0 Å².